The number of rotatable bonds is 9. The summed E-state index contributed by atoms with van der Waals surface area (Å²) in [6.07, 6.45) is 2.53. The molecule has 0 unspecified atom stereocenters. The molecule has 0 saturated heterocycles. The van der Waals surface area contributed by atoms with E-state index in [1.165, 1.54) is 48.8 Å². The number of sulfone groups is 1. The Morgan fingerprint density at radius 2 is 1.43 bits per heavy atom. The van der Waals surface area contributed by atoms with Crippen LogP contribution in [-0.2, 0) is 31.4 Å². The maximum atomic E-state index is 13.0. The molecular weight excluding hydrogens is 555 g/mol. The van der Waals surface area contributed by atoms with Gasteiger partial charge in [-0.1, -0.05) is 34.5 Å². The molecule has 14 heteroatoms. The first kappa shape index (κ1) is 25.3. The highest BCUT2D eigenvalue weighted by molar-refractivity contribution is 7.92. The molecule has 0 bridgehead atoms. The zero-order valence-corrected chi connectivity index (χ0v) is 21.6. The Labute approximate surface area is 215 Å². The van der Waals surface area contributed by atoms with Gasteiger partial charge < -0.3 is 4.98 Å². The lowest BCUT2D eigenvalue weighted by Gasteiger charge is -2.06. The Morgan fingerprint density at radius 1 is 0.857 bits per heavy atom. The molecule has 4 aromatic rings. The number of aromatic nitrogens is 3. The van der Waals surface area contributed by atoms with Crippen LogP contribution >= 0.6 is 34.5 Å². The van der Waals surface area contributed by atoms with Crippen LogP contribution in [0.2, 0.25) is 10.0 Å². The van der Waals surface area contributed by atoms with Crippen LogP contribution in [0.1, 0.15) is 25.9 Å². The molecule has 9 nitrogen and oxygen atoms in total. The Bertz CT molecular complexity index is 1580. The van der Waals surface area contributed by atoms with E-state index in [2.05, 4.69) is 19.9 Å². The quantitative estimate of drug-likeness (QED) is 0.285. The average Bonchev–Trinajstić information content (AvgIpc) is 3.45. The molecule has 0 fully saturated rings. The third-order valence-electron chi connectivity index (χ3n) is 4.65. The maximum Gasteiger partial charge on any atom is 0.239 e. The Kier molecular flexibility index (Phi) is 7.29. The monoisotopic (exact) mass is 570 g/mol. The van der Waals surface area contributed by atoms with Crippen molar-refractivity contribution in [3.05, 3.63) is 92.1 Å². The van der Waals surface area contributed by atoms with Crippen molar-refractivity contribution in [1.82, 2.24) is 15.2 Å². The van der Waals surface area contributed by atoms with Crippen LogP contribution in [0, 0.1) is 0 Å². The zero-order chi connectivity index (χ0) is 25.2. The number of nitrogens with zero attached hydrogens (tertiary/aromatic N) is 2. The van der Waals surface area contributed by atoms with E-state index in [0.29, 0.717) is 15.7 Å². The van der Waals surface area contributed by atoms with Gasteiger partial charge in [0.1, 0.15) is 21.5 Å². The van der Waals surface area contributed by atoms with Crippen molar-refractivity contribution in [2.24, 2.45) is 0 Å². The lowest BCUT2D eigenvalue weighted by Crippen LogP contribution is -2.14. The van der Waals surface area contributed by atoms with Crippen molar-refractivity contribution >= 4 is 65.9 Å². The molecule has 0 aliphatic heterocycles. The number of benzene rings is 2. The first-order chi connectivity index (χ1) is 16.5. The van der Waals surface area contributed by atoms with Gasteiger partial charge in [0.25, 0.3) is 0 Å². The van der Waals surface area contributed by atoms with Crippen LogP contribution in [0.25, 0.3) is 0 Å². The minimum absolute atomic E-state index is 0.0215. The topological polar surface area (TPSA) is 139 Å². The fourth-order valence-electron chi connectivity index (χ4n) is 3.08. The smallest absolute Gasteiger partial charge is 0.239 e. The molecule has 0 saturated carbocycles. The molecule has 2 aromatic heterocycles. The minimum Gasteiger partial charge on any atom is -0.366 e. The summed E-state index contributed by atoms with van der Waals surface area (Å²) in [5.74, 6) is -1.52. The van der Waals surface area contributed by atoms with E-state index in [9.17, 15) is 21.6 Å². The molecule has 35 heavy (non-hydrogen) atoms. The summed E-state index contributed by atoms with van der Waals surface area (Å²) in [6, 6.07) is 12.2. The van der Waals surface area contributed by atoms with E-state index < -0.39 is 37.1 Å². The lowest BCUT2D eigenvalue weighted by atomic mass is 10.1. The first-order valence-electron chi connectivity index (χ1n) is 9.79. The third kappa shape index (κ3) is 6.27. The van der Waals surface area contributed by atoms with Gasteiger partial charge in [0, 0.05) is 33.7 Å². The molecule has 2 aromatic carbocycles. The Balaban J connectivity index is 1.48. The van der Waals surface area contributed by atoms with Crippen LogP contribution in [0.15, 0.2) is 65.8 Å². The van der Waals surface area contributed by atoms with Gasteiger partial charge >= 0.3 is 0 Å². The molecule has 0 aliphatic carbocycles. The fraction of sp³-hybridized carbons (Fsp3) is 0.0952. The number of hydrogen-bond donors (Lipinski definition) is 2. The van der Waals surface area contributed by atoms with Crippen molar-refractivity contribution in [2.75, 3.05) is 4.72 Å². The predicted octanol–water partition coefficient (Wildman–Crippen LogP) is 4.32. The van der Waals surface area contributed by atoms with E-state index in [1.54, 1.807) is 12.1 Å². The standard InChI is InChI=1S/C21H16Cl2N4O5S3/c22-14-3-1-13(2-4-14)21(28)17-9-24-10-18(17)34(29,30)11-19-25-26-20(33-19)12-35(31,32)27-16-7-5-15(23)6-8-16/h1-10,24,27H,11-12H2. The number of anilines is 1. The highest BCUT2D eigenvalue weighted by atomic mass is 35.5. The van der Waals surface area contributed by atoms with Gasteiger partial charge in [-0.15, -0.1) is 10.2 Å². The summed E-state index contributed by atoms with van der Waals surface area (Å²) in [7, 11) is -7.81. The van der Waals surface area contributed by atoms with Crippen molar-refractivity contribution in [2.45, 2.75) is 16.4 Å². The van der Waals surface area contributed by atoms with E-state index in [1.807, 2.05) is 0 Å². The summed E-state index contributed by atoms with van der Waals surface area (Å²) >= 11 is 12.5. The van der Waals surface area contributed by atoms with Gasteiger partial charge in [-0.25, -0.2) is 16.8 Å². The summed E-state index contributed by atoms with van der Waals surface area (Å²) < 4.78 is 53.4. The molecule has 2 heterocycles. The number of nitrogens with one attached hydrogen (secondary N) is 2. The Hall–Kier alpha value is -2.77. The number of halogens is 2. The molecule has 2 N–H and O–H groups in total. The normalized spacial score (nSPS) is 11.9. The SMILES string of the molecule is O=C(c1ccc(Cl)cc1)c1c[nH]cc1S(=O)(=O)Cc1nnc(CS(=O)(=O)Nc2ccc(Cl)cc2)s1. The lowest BCUT2D eigenvalue weighted by molar-refractivity contribution is 0.103. The van der Waals surface area contributed by atoms with Crippen molar-refractivity contribution in [1.29, 1.82) is 0 Å². The van der Waals surface area contributed by atoms with E-state index >= 15 is 0 Å². The van der Waals surface area contributed by atoms with Gasteiger partial charge in [-0.05, 0) is 48.5 Å². The molecule has 0 aliphatic rings. The van der Waals surface area contributed by atoms with Crippen molar-refractivity contribution in [3.63, 3.8) is 0 Å². The van der Waals surface area contributed by atoms with Gasteiger partial charge in [0.15, 0.2) is 15.6 Å². The van der Waals surface area contributed by atoms with Gasteiger partial charge in [0.2, 0.25) is 10.0 Å². The van der Waals surface area contributed by atoms with Crippen LogP contribution in [-0.4, -0.2) is 37.8 Å². The van der Waals surface area contributed by atoms with Crippen LogP contribution in [0.4, 0.5) is 5.69 Å². The second kappa shape index (κ2) is 10.1. The van der Waals surface area contributed by atoms with Crippen molar-refractivity contribution < 1.29 is 21.6 Å². The van der Waals surface area contributed by atoms with E-state index in [-0.39, 0.29) is 26.0 Å². The fourth-order valence-corrected chi connectivity index (χ4v) is 7.39. The molecule has 0 spiro atoms. The molecular formula is C21H16Cl2N4O5S3. The second-order valence-electron chi connectivity index (χ2n) is 7.29. The Morgan fingerprint density at radius 3 is 2.06 bits per heavy atom. The summed E-state index contributed by atoms with van der Waals surface area (Å²) in [4.78, 5) is 15.3. The number of H-pyrrole nitrogens is 1. The van der Waals surface area contributed by atoms with Gasteiger partial charge in [0.05, 0.1) is 10.5 Å². The van der Waals surface area contributed by atoms with Crippen LogP contribution < -0.4 is 4.72 Å². The molecule has 0 amide bonds. The van der Waals surface area contributed by atoms with Gasteiger partial charge in [-0.3, -0.25) is 9.52 Å². The zero-order valence-electron chi connectivity index (χ0n) is 17.6. The molecule has 0 radical (unpaired) electrons. The molecule has 4 rings (SSSR count). The highest BCUT2D eigenvalue weighted by Gasteiger charge is 2.27. The number of sulfonamides is 1. The summed E-state index contributed by atoms with van der Waals surface area (Å²) in [6.45, 7) is 0. The number of carbonyl (C=O) groups is 1. The largest absolute Gasteiger partial charge is 0.366 e. The summed E-state index contributed by atoms with van der Waals surface area (Å²) in [5, 5.41) is 8.75. The number of ketones is 1. The minimum atomic E-state index is -3.99. The van der Waals surface area contributed by atoms with Crippen LogP contribution in [0.5, 0.6) is 0 Å². The number of carbonyl (C=O) groups excluding carboxylic acids is 1. The van der Waals surface area contributed by atoms with Crippen LogP contribution in [0.3, 0.4) is 0 Å². The molecule has 0 atom stereocenters. The maximum absolute atomic E-state index is 13.0. The number of hydrogen-bond acceptors (Lipinski definition) is 8. The third-order valence-corrected chi connectivity index (χ3v) is 9.30. The number of aromatic amines is 1. The first-order valence-corrected chi connectivity index (χ1v) is 14.7. The highest BCUT2D eigenvalue weighted by Crippen LogP contribution is 2.25. The van der Waals surface area contributed by atoms with E-state index in [4.69, 9.17) is 23.2 Å². The summed E-state index contributed by atoms with van der Waals surface area (Å²) in [5.41, 5.74) is 0.584. The predicted molar refractivity (Wildman–Crippen MR) is 134 cm³/mol. The molecule has 182 valence electrons. The van der Waals surface area contributed by atoms with Crippen molar-refractivity contribution in [3.8, 4) is 0 Å². The average molecular weight is 571 g/mol. The second-order valence-corrected chi connectivity index (χ2v) is 13.0. The van der Waals surface area contributed by atoms with E-state index in [0.717, 1.165) is 11.3 Å². The van der Waals surface area contributed by atoms with Gasteiger partial charge in [-0.2, -0.15) is 0 Å².